The van der Waals surface area contributed by atoms with E-state index >= 15 is 0 Å². The molecule has 1 aromatic heterocycles. The molecule has 0 saturated carbocycles. The van der Waals surface area contributed by atoms with Crippen LogP contribution < -0.4 is 9.47 Å². The molecular formula is C29H33O18+. The third kappa shape index (κ3) is 6.77. The zero-order chi connectivity index (χ0) is 34.3. The summed E-state index contributed by atoms with van der Waals surface area (Å²) in [6.07, 6.45) is -17.0. The van der Waals surface area contributed by atoms with E-state index in [-0.39, 0.29) is 33.8 Å². The van der Waals surface area contributed by atoms with Crippen molar-refractivity contribution in [2.24, 2.45) is 0 Å². The molecule has 5 rings (SSSR count). The van der Waals surface area contributed by atoms with Crippen molar-refractivity contribution in [1.82, 2.24) is 0 Å². The molecule has 2 fully saturated rings. The summed E-state index contributed by atoms with van der Waals surface area (Å²) >= 11 is 0. The molecule has 2 aliphatic rings. The van der Waals surface area contributed by atoms with E-state index in [0.717, 1.165) is 31.2 Å². The van der Waals surface area contributed by atoms with Gasteiger partial charge in [0.25, 0.3) is 0 Å². The summed E-state index contributed by atoms with van der Waals surface area (Å²) in [6, 6.07) is 5.32. The van der Waals surface area contributed by atoms with Crippen LogP contribution in [-0.2, 0) is 19.0 Å². The Morgan fingerprint density at radius 2 is 1.30 bits per heavy atom. The highest BCUT2D eigenvalue weighted by Gasteiger charge is 2.47. The number of hydrogen-bond acceptors (Lipinski definition) is 17. The number of aliphatic hydroxyl groups excluding tert-OH is 7. The molecule has 0 aliphatic carbocycles. The lowest BCUT2D eigenvalue weighted by Gasteiger charge is -2.40. The van der Waals surface area contributed by atoms with Crippen LogP contribution in [0.4, 0.5) is 0 Å². The number of hydrogen-bond donors (Lipinski definition) is 11. The Morgan fingerprint density at radius 3 is 1.87 bits per heavy atom. The Labute approximate surface area is 264 Å². The molecule has 3 aromatic rings. The Morgan fingerprint density at radius 1 is 0.745 bits per heavy atom. The second kappa shape index (κ2) is 13.5. The summed E-state index contributed by atoms with van der Waals surface area (Å²) < 4.78 is 33.4. The van der Waals surface area contributed by atoms with Gasteiger partial charge in [-0.3, -0.25) is 4.79 Å². The molecule has 11 N–H and O–H groups in total. The van der Waals surface area contributed by atoms with Crippen LogP contribution in [0.15, 0.2) is 34.7 Å². The molecule has 2 saturated heterocycles. The average molecular weight is 670 g/mol. The van der Waals surface area contributed by atoms with E-state index < -0.39 is 104 Å². The van der Waals surface area contributed by atoms with Gasteiger partial charge in [-0.05, 0) is 0 Å². The Bertz CT molecular complexity index is 1590. The van der Waals surface area contributed by atoms with Gasteiger partial charge in [-0.1, -0.05) is 0 Å². The lowest BCUT2D eigenvalue weighted by molar-refractivity contribution is -0.278. The lowest BCUT2D eigenvalue weighted by Crippen LogP contribution is -2.60. The van der Waals surface area contributed by atoms with Crippen molar-refractivity contribution >= 4 is 16.9 Å². The quantitative estimate of drug-likeness (QED) is 0.0711. The maximum absolute atomic E-state index is 11.3. The molecular weight excluding hydrogens is 636 g/mol. The molecule has 10 atom stereocenters. The van der Waals surface area contributed by atoms with Crippen LogP contribution >= 0.6 is 0 Å². The maximum atomic E-state index is 11.3. The molecule has 0 spiro atoms. The van der Waals surface area contributed by atoms with E-state index in [1.54, 1.807) is 0 Å². The van der Waals surface area contributed by atoms with Gasteiger partial charge in [0.15, 0.2) is 17.2 Å². The van der Waals surface area contributed by atoms with Gasteiger partial charge in [-0.25, -0.2) is 4.42 Å². The first kappa shape index (κ1) is 34.1. The van der Waals surface area contributed by atoms with Gasteiger partial charge in [0.1, 0.15) is 72.3 Å². The number of ether oxygens (including phenoxy) is 5. The summed E-state index contributed by atoms with van der Waals surface area (Å²) in [7, 11) is 0. The smallest absolute Gasteiger partial charge is 0.402 e. The molecule has 0 radical (unpaired) electrons. The number of rotatable bonds is 8. The monoisotopic (exact) mass is 669 g/mol. The van der Waals surface area contributed by atoms with Crippen molar-refractivity contribution in [3.05, 3.63) is 30.3 Å². The van der Waals surface area contributed by atoms with Gasteiger partial charge in [0, 0.05) is 31.2 Å². The van der Waals surface area contributed by atoms with Crippen LogP contribution in [-0.4, -0.2) is 137 Å². The largest absolute Gasteiger partial charge is 0.507 e. The van der Waals surface area contributed by atoms with Crippen molar-refractivity contribution in [3.8, 4) is 45.8 Å². The molecule has 18 heteroatoms. The highest BCUT2D eigenvalue weighted by Crippen LogP contribution is 2.45. The van der Waals surface area contributed by atoms with Crippen molar-refractivity contribution < 1.29 is 89.1 Å². The zero-order valence-corrected chi connectivity index (χ0v) is 24.4. The second-order valence-corrected chi connectivity index (χ2v) is 10.9. The fourth-order valence-corrected chi connectivity index (χ4v) is 5.06. The Hall–Kier alpha value is -4.24. The fraction of sp³-hybridized carbons (Fsp3) is 0.448. The predicted molar refractivity (Wildman–Crippen MR) is 151 cm³/mol. The van der Waals surface area contributed by atoms with E-state index in [1.165, 1.54) is 6.07 Å². The van der Waals surface area contributed by atoms with Crippen LogP contribution in [0.1, 0.15) is 6.92 Å². The van der Waals surface area contributed by atoms with Gasteiger partial charge in [0.05, 0.1) is 18.2 Å². The van der Waals surface area contributed by atoms with Gasteiger partial charge in [0.2, 0.25) is 18.3 Å². The second-order valence-electron chi connectivity index (χ2n) is 10.9. The highest BCUT2D eigenvalue weighted by molar-refractivity contribution is 5.89. The number of carbonyl (C=O) groups is 1. The first-order valence-electron chi connectivity index (χ1n) is 14.1. The van der Waals surface area contributed by atoms with Crippen molar-refractivity contribution in [3.63, 3.8) is 0 Å². The molecule has 0 amide bonds. The third-order valence-electron chi connectivity index (χ3n) is 7.59. The van der Waals surface area contributed by atoms with Crippen molar-refractivity contribution in [2.75, 3.05) is 13.2 Å². The van der Waals surface area contributed by atoms with E-state index in [2.05, 4.69) is 0 Å². The minimum Gasteiger partial charge on any atom is -0.507 e. The maximum Gasteiger partial charge on any atom is 0.402 e. The lowest BCUT2D eigenvalue weighted by atomic mass is 9.99. The summed E-state index contributed by atoms with van der Waals surface area (Å²) in [6.45, 7) is -0.182. The van der Waals surface area contributed by atoms with Crippen LogP contribution in [0.3, 0.4) is 0 Å². The van der Waals surface area contributed by atoms with Crippen LogP contribution in [0.5, 0.6) is 34.5 Å². The number of esters is 1. The van der Waals surface area contributed by atoms with E-state index in [9.17, 15) is 61.0 Å². The third-order valence-corrected chi connectivity index (χ3v) is 7.59. The summed E-state index contributed by atoms with van der Waals surface area (Å²) in [5.74, 6) is -4.52. The normalized spacial score (nSPS) is 31.0. The number of phenolic OH excluding ortho intramolecular Hbond substituents is 4. The molecule has 256 valence electrons. The molecule has 2 aromatic carbocycles. The molecule has 18 nitrogen and oxygen atoms in total. The minimum atomic E-state index is -1.89. The molecule has 2 aliphatic heterocycles. The van der Waals surface area contributed by atoms with E-state index in [0.29, 0.717) is 0 Å². The topological polar surface area (TPSA) is 297 Å². The molecule has 47 heavy (non-hydrogen) atoms. The summed E-state index contributed by atoms with van der Waals surface area (Å²) in [4.78, 5) is 11.3. The zero-order valence-electron chi connectivity index (χ0n) is 24.4. The van der Waals surface area contributed by atoms with Crippen LogP contribution in [0.2, 0.25) is 0 Å². The van der Waals surface area contributed by atoms with Gasteiger partial charge in [-0.2, -0.15) is 0 Å². The average Bonchev–Trinajstić information content (AvgIpc) is 3.03. The molecule has 3 heterocycles. The molecule has 4 unspecified atom stereocenters. The number of benzene rings is 2. The summed E-state index contributed by atoms with van der Waals surface area (Å²) in [5, 5.41) is 113. The predicted octanol–water partition coefficient (Wildman–Crippen LogP) is -1.87. The first-order valence-corrected chi connectivity index (χ1v) is 14.1. The van der Waals surface area contributed by atoms with Gasteiger partial charge >= 0.3 is 17.3 Å². The van der Waals surface area contributed by atoms with E-state index in [4.69, 9.17) is 28.1 Å². The highest BCUT2D eigenvalue weighted by atomic mass is 16.7. The van der Waals surface area contributed by atoms with Crippen LogP contribution in [0.25, 0.3) is 22.3 Å². The number of carbonyl (C=O) groups excluding carboxylic acids is 1. The van der Waals surface area contributed by atoms with Gasteiger partial charge < -0.3 is 79.9 Å². The molecule has 0 bridgehead atoms. The standard InChI is InChI=1S/C29H32O18/c1-9(31)42-8-19-22(37)24(39)26(41)28(47-19)44-16-5-11(32)4-15-12(16)6-17(27(43-15)10-2-13(33)20(35)14(34)3-10)45-29-25(40)23(38)21(36)18(7-30)46-29/h2-6,18-19,21-26,28-30,36-41H,7-8H2,1H3,(H3-,32,33,34,35)/p+1/t18?,19?,21-,22-,23+,24+,25?,26?,28-,29-/m1/s1. The Balaban J connectivity index is 1.60. The van der Waals surface area contributed by atoms with Crippen molar-refractivity contribution in [1.29, 1.82) is 0 Å². The number of aromatic hydroxyl groups is 4. The first-order chi connectivity index (χ1) is 22.2. The van der Waals surface area contributed by atoms with E-state index in [1.807, 2.05) is 0 Å². The fourth-order valence-electron chi connectivity index (χ4n) is 5.06. The summed E-state index contributed by atoms with van der Waals surface area (Å²) in [5.41, 5.74) is -0.285. The number of fused-ring (bicyclic) bond motifs is 1. The SMILES string of the molecule is CC(=O)OCC1O[C@@H](Oc2cc(O)cc3[o+]c(-c4cc(O)c(O)c(O)c4)c(O[C@@H]4OC(CO)[C@@H](O)[C@H](O)C4O)cc23)C(O)[C@@H](O)[C@@H]1O. The number of aliphatic hydroxyl groups is 7. The van der Waals surface area contributed by atoms with Crippen molar-refractivity contribution in [2.45, 2.75) is 68.3 Å². The van der Waals surface area contributed by atoms with Crippen LogP contribution in [0, 0.1) is 0 Å². The minimum absolute atomic E-state index is 0.0358. The number of phenols is 4. The van der Waals surface area contributed by atoms with Gasteiger partial charge in [-0.15, -0.1) is 0 Å². The Kier molecular flexibility index (Phi) is 9.78.